The van der Waals surface area contributed by atoms with E-state index < -0.39 is 0 Å². The lowest BCUT2D eigenvalue weighted by Gasteiger charge is -2.08. The second kappa shape index (κ2) is 5.63. The normalized spacial score (nSPS) is 10.3. The number of carbonyl (C=O) groups is 1. The number of hydrogen-bond acceptors (Lipinski definition) is 4. The Labute approximate surface area is 122 Å². The zero-order valence-electron chi connectivity index (χ0n) is 11.5. The first-order chi connectivity index (χ1) is 10.3. The molecule has 1 aromatic heterocycles. The summed E-state index contributed by atoms with van der Waals surface area (Å²) in [6.45, 7) is 1.44. The topological polar surface area (TPSA) is 55.7 Å². The Bertz CT molecular complexity index is 771. The summed E-state index contributed by atoms with van der Waals surface area (Å²) in [6, 6.07) is 19.4. The maximum atomic E-state index is 11.5. The maximum absolute atomic E-state index is 11.5. The van der Waals surface area contributed by atoms with Crippen molar-refractivity contribution in [2.24, 2.45) is 0 Å². The van der Waals surface area contributed by atoms with E-state index in [4.69, 9.17) is 0 Å². The van der Waals surface area contributed by atoms with Crippen molar-refractivity contribution >= 4 is 5.78 Å². The third kappa shape index (κ3) is 2.69. The van der Waals surface area contributed by atoms with Crippen LogP contribution in [0.4, 0.5) is 0 Å². The van der Waals surface area contributed by atoms with Crippen LogP contribution < -0.4 is 0 Å². The fourth-order valence-corrected chi connectivity index (χ4v) is 2.06. The van der Waals surface area contributed by atoms with Crippen LogP contribution in [0.1, 0.15) is 17.5 Å². The minimum absolute atomic E-state index is 0.133. The third-order valence-electron chi connectivity index (χ3n) is 3.10. The van der Waals surface area contributed by atoms with E-state index in [0.29, 0.717) is 11.4 Å². The Morgan fingerprint density at radius 3 is 1.81 bits per heavy atom. The average Bonchev–Trinajstić information content (AvgIpc) is 2.56. The molecule has 0 fully saturated rings. The summed E-state index contributed by atoms with van der Waals surface area (Å²) in [6.07, 6.45) is 0. The molecule has 0 N–H and O–H groups in total. The Morgan fingerprint density at radius 1 is 0.762 bits per heavy atom. The molecular weight excluding hydrogens is 262 g/mol. The fourth-order valence-electron chi connectivity index (χ4n) is 2.06. The van der Waals surface area contributed by atoms with Crippen molar-refractivity contribution in [3.63, 3.8) is 0 Å². The Hall–Kier alpha value is -2.88. The highest BCUT2D eigenvalue weighted by atomic mass is 16.1. The SMILES string of the molecule is CC(=O)c1nnc(-c2ccccc2)c(-c2ccccc2)n1. The molecule has 0 saturated carbocycles. The van der Waals surface area contributed by atoms with Gasteiger partial charge in [-0.15, -0.1) is 10.2 Å². The standard InChI is InChI=1S/C17H13N3O/c1-12(21)17-18-15(13-8-4-2-5-9-13)16(19-20-17)14-10-6-3-7-11-14/h2-11H,1H3. The van der Waals surface area contributed by atoms with E-state index in [9.17, 15) is 4.79 Å². The van der Waals surface area contributed by atoms with Crippen molar-refractivity contribution in [1.82, 2.24) is 15.2 Å². The van der Waals surface area contributed by atoms with Gasteiger partial charge in [-0.3, -0.25) is 4.79 Å². The molecule has 4 nitrogen and oxygen atoms in total. The van der Waals surface area contributed by atoms with Crippen molar-refractivity contribution in [2.45, 2.75) is 6.92 Å². The van der Waals surface area contributed by atoms with E-state index in [1.807, 2.05) is 60.7 Å². The zero-order chi connectivity index (χ0) is 14.7. The molecule has 3 rings (SSSR count). The number of nitrogens with zero attached hydrogens (tertiary/aromatic N) is 3. The predicted molar refractivity (Wildman–Crippen MR) is 80.7 cm³/mol. The predicted octanol–water partition coefficient (Wildman–Crippen LogP) is 3.41. The van der Waals surface area contributed by atoms with Gasteiger partial charge in [0.25, 0.3) is 0 Å². The summed E-state index contributed by atoms with van der Waals surface area (Å²) in [5.74, 6) is -0.0622. The van der Waals surface area contributed by atoms with E-state index in [2.05, 4.69) is 15.2 Å². The Kier molecular flexibility index (Phi) is 3.51. The van der Waals surface area contributed by atoms with Crippen LogP contribution in [0.3, 0.4) is 0 Å². The first-order valence-corrected chi connectivity index (χ1v) is 6.62. The molecule has 1 heterocycles. The quantitative estimate of drug-likeness (QED) is 0.687. The van der Waals surface area contributed by atoms with Crippen LogP contribution >= 0.6 is 0 Å². The van der Waals surface area contributed by atoms with Gasteiger partial charge in [-0.2, -0.15) is 0 Å². The summed E-state index contributed by atoms with van der Waals surface area (Å²) in [5.41, 5.74) is 3.18. The highest BCUT2D eigenvalue weighted by Crippen LogP contribution is 2.27. The summed E-state index contributed by atoms with van der Waals surface area (Å²) >= 11 is 0. The van der Waals surface area contributed by atoms with Gasteiger partial charge in [-0.05, 0) is 0 Å². The number of carbonyl (C=O) groups excluding carboxylic acids is 1. The first-order valence-electron chi connectivity index (χ1n) is 6.62. The molecule has 0 spiro atoms. The van der Waals surface area contributed by atoms with E-state index in [0.717, 1.165) is 11.1 Å². The molecule has 0 radical (unpaired) electrons. The molecule has 0 unspecified atom stereocenters. The number of rotatable bonds is 3. The second-order valence-electron chi connectivity index (χ2n) is 4.62. The van der Waals surface area contributed by atoms with Gasteiger partial charge in [0.05, 0.1) is 0 Å². The lowest BCUT2D eigenvalue weighted by Crippen LogP contribution is -2.06. The zero-order valence-corrected chi connectivity index (χ0v) is 11.5. The molecule has 0 atom stereocenters. The van der Waals surface area contributed by atoms with Gasteiger partial charge >= 0.3 is 0 Å². The van der Waals surface area contributed by atoms with Gasteiger partial charge in [0.1, 0.15) is 11.4 Å². The van der Waals surface area contributed by atoms with E-state index in [-0.39, 0.29) is 11.6 Å². The Morgan fingerprint density at radius 2 is 1.29 bits per heavy atom. The first kappa shape index (κ1) is 13.1. The van der Waals surface area contributed by atoms with Gasteiger partial charge in [-0.25, -0.2) is 4.98 Å². The van der Waals surface area contributed by atoms with Crippen LogP contribution in [0.15, 0.2) is 60.7 Å². The van der Waals surface area contributed by atoms with Gasteiger partial charge in [0.2, 0.25) is 5.82 Å². The van der Waals surface area contributed by atoms with Crippen molar-refractivity contribution in [3.8, 4) is 22.5 Å². The second-order valence-corrected chi connectivity index (χ2v) is 4.62. The molecule has 0 bridgehead atoms. The summed E-state index contributed by atoms with van der Waals surface area (Å²) in [4.78, 5) is 15.9. The van der Waals surface area contributed by atoms with Crippen LogP contribution in [0, 0.1) is 0 Å². The molecule has 4 heteroatoms. The minimum atomic E-state index is -0.195. The van der Waals surface area contributed by atoms with E-state index in [1.165, 1.54) is 6.92 Å². The maximum Gasteiger partial charge on any atom is 0.218 e. The molecule has 0 saturated heterocycles. The highest BCUT2D eigenvalue weighted by Gasteiger charge is 2.14. The van der Waals surface area contributed by atoms with Crippen LogP contribution in [0.25, 0.3) is 22.5 Å². The van der Waals surface area contributed by atoms with Crippen LogP contribution in [-0.4, -0.2) is 21.0 Å². The number of benzene rings is 2. The third-order valence-corrected chi connectivity index (χ3v) is 3.10. The lowest BCUT2D eigenvalue weighted by atomic mass is 10.0. The monoisotopic (exact) mass is 275 g/mol. The van der Waals surface area contributed by atoms with Gasteiger partial charge in [0.15, 0.2) is 5.78 Å². The van der Waals surface area contributed by atoms with Crippen LogP contribution in [-0.2, 0) is 0 Å². The van der Waals surface area contributed by atoms with Crippen molar-refractivity contribution in [1.29, 1.82) is 0 Å². The van der Waals surface area contributed by atoms with Crippen molar-refractivity contribution < 1.29 is 4.79 Å². The highest BCUT2D eigenvalue weighted by molar-refractivity contribution is 5.91. The van der Waals surface area contributed by atoms with Crippen molar-refractivity contribution in [3.05, 3.63) is 66.5 Å². The van der Waals surface area contributed by atoms with E-state index >= 15 is 0 Å². The number of hydrogen-bond donors (Lipinski definition) is 0. The average molecular weight is 275 g/mol. The number of Topliss-reactive ketones (excluding diaryl/α,β-unsaturated/α-hetero) is 1. The van der Waals surface area contributed by atoms with Gasteiger partial charge < -0.3 is 0 Å². The number of aromatic nitrogens is 3. The number of ketones is 1. The molecule has 0 aliphatic heterocycles. The summed E-state index contributed by atoms with van der Waals surface area (Å²) in [7, 11) is 0. The molecule has 0 aliphatic rings. The smallest absolute Gasteiger partial charge is 0.218 e. The fraction of sp³-hybridized carbons (Fsp3) is 0.0588. The molecule has 2 aromatic carbocycles. The summed E-state index contributed by atoms with van der Waals surface area (Å²) in [5, 5.41) is 8.14. The largest absolute Gasteiger partial charge is 0.291 e. The molecule has 0 amide bonds. The molecule has 102 valence electrons. The van der Waals surface area contributed by atoms with Gasteiger partial charge in [-0.1, -0.05) is 60.7 Å². The van der Waals surface area contributed by atoms with Gasteiger partial charge in [0, 0.05) is 18.1 Å². The molecule has 0 aliphatic carbocycles. The van der Waals surface area contributed by atoms with Crippen molar-refractivity contribution in [2.75, 3.05) is 0 Å². The Balaban J connectivity index is 2.23. The van der Waals surface area contributed by atoms with E-state index in [1.54, 1.807) is 0 Å². The minimum Gasteiger partial charge on any atom is -0.291 e. The van der Waals surface area contributed by atoms with Crippen LogP contribution in [0.5, 0.6) is 0 Å². The lowest BCUT2D eigenvalue weighted by molar-refractivity contribution is 0.100. The summed E-state index contributed by atoms with van der Waals surface area (Å²) < 4.78 is 0. The molecular formula is C17H13N3O. The molecule has 21 heavy (non-hydrogen) atoms. The molecule has 3 aromatic rings. The van der Waals surface area contributed by atoms with Crippen LogP contribution in [0.2, 0.25) is 0 Å².